The van der Waals surface area contributed by atoms with E-state index in [0.29, 0.717) is 12.1 Å². The number of aryl methyl sites for hydroxylation is 1. The quantitative estimate of drug-likeness (QED) is 0.855. The molecule has 0 spiro atoms. The third-order valence-corrected chi connectivity index (χ3v) is 5.18. The predicted molar refractivity (Wildman–Crippen MR) is 91.6 cm³/mol. The van der Waals surface area contributed by atoms with Crippen LogP contribution in [0.3, 0.4) is 0 Å². The summed E-state index contributed by atoms with van der Waals surface area (Å²) in [5, 5.41) is 3.76. The summed E-state index contributed by atoms with van der Waals surface area (Å²) >= 11 is 0. The maximum atomic E-state index is 3.76. The zero-order valence-corrected chi connectivity index (χ0v) is 14.2. The van der Waals surface area contributed by atoms with Crippen molar-refractivity contribution in [2.75, 3.05) is 13.1 Å². The molecule has 21 heavy (non-hydrogen) atoms. The van der Waals surface area contributed by atoms with Gasteiger partial charge in [-0.15, -0.1) is 0 Å². The topological polar surface area (TPSA) is 15.3 Å². The molecule has 1 saturated heterocycles. The van der Waals surface area contributed by atoms with E-state index < -0.39 is 0 Å². The summed E-state index contributed by atoms with van der Waals surface area (Å²) in [6.07, 6.45) is 3.61. The van der Waals surface area contributed by atoms with Crippen LogP contribution in [0.5, 0.6) is 0 Å². The van der Waals surface area contributed by atoms with Crippen LogP contribution >= 0.6 is 0 Å². The van der Waals surface area contributed by atoms with E-state index in [9.17, 15) is 0 Å². The van der Waals surface area contributed by atoms with Crippen LogP contribution < -0.4 is 5.32 Å². The van der Waals surface area contributed by atoms with Crippen molar-refractivity contribution < 1.29 is 0 Å². The van der Waals surface area contributed by atoms with Crippen LogP contribution in [0.4, 0.5) is 0 Å². The van der Waals surface area contributed by atoms with Crippen molar-refractivity contribution >= 4 is 0 Å². The van der Waals surface area contributed by atoms with Gasteiger partial charge in [0.25, 0.3) is 0 Å². The fraction of sp³-hybridized carbons (Fsp3) is 0.684. The van der Waals surface area contributed by atoms with Gasteiger partial charge in [-0.2, -0.15) is 0 Å². The van der Waals surface area contributed by atoms with Gasteiger partial charge in [-0.3, -0.25) is 4.90 Å². The lowest BCUT2D eigenvalue weighted by Crippen LogP contribution is -2.57. The highest BCUT2D eigenvalue weighted by molar-refractivity contribution is 5.22. The summed E-state index contributed by atoms with van der Waals surface area (Å²) in [6, 6.07) is 10.5. The molecule has 0 amide bonds. The minimum atomic E-state index is 0.646. The molecule has 0 saturated carbocycles. The SMILES string of the molecule is CCc1ccc(CN2CC(C(C)CC)NCC2CC)cc1. The number of nitrogens with one attached hydrogen (secondary N) is 1. The van der Waals surface area contributed by atoms with E-state index in [0.717, 1.165) is 25.4 Å². The van der Waals surface area contributed by atoms with Gasteiger partial charge in [0.05, 0.1) is 0 Å². The number of hydrogen-bond donors (Lipinski definition) is 1. The first-order valence-corrected chi connectivity index (χ1v) is 8.73. The van der Waals surface area contributed by atoms with Gasteiger partial charge in [-0.1, -0.05) is 58.4 Å². The summed E-state index contributed by atoms with van der Waals surface area (Å²) in [5.41, 5.74) is 2.89. The van der Waals surface area contributed by atoms with Crippen LogP contribution in [0.25, 0.3) is 0 Å². The summed E-state index contributed by atoms with van der Waals surface area (Å²) in [4.78, 5) is 2.69. The molecule has 1 aliphatic heterocycles. The second-order valence-electron chi connectivity index (χ2n) is 6.56. The standard InChI is InChI=1S/C19H32N2/c1-5-15(4)19-14-21(18(7-3)12-20-19)13-17-10-8-16(6-2)9-11-17/h8-11,15,18-20H,5-7,12-14H2,1-4H3. The van der Waals surface area contributed by atoms with Crippen molar-refractivity contribution in [3.63, 3.8) is 0 Å². The van der Waals surface area contributed by atoms with E-state index in [2.05, 4.69) is 62.2 Å². The zero-order chi connectivity index (χ0) is 15.2. The van der Waals surface area contributed by atoms with Crippen molar-refractivity contribution in [3.05, 3.63) is 35.4 Å². The summed E-state index contributed by atoms with van der Waals surface area (Å²) in [6.45, 7) is 12.6. The Morgan fingerprint density at radius 1 is 1.14 bits per heavy atom. The van der Waals surface area contributed by atoms with Crippen molar-refractivity contribution in [2.45, 2.75) is 65.6 Å². The highest BCUT2D eigenvalue weighted by atomic mass is 15.2. The lowest BCUT2D eigenvalue weighted by molar-refractivity contribution is 0.0993. The third-order valence-electron chi connectivity index (χ3n) is 5.18. The summed E-state index contributed by atoms with van der Waals surface area (Å²) in [7, 11) is 0. The van der Waals surface area contributed by atoms with E-state index in [4.69, 9.17) is 0 Å². The molecule has 1 aliphatic rings. The van der Waals surface area contributed by atoms with Crippen LogP contribution in [0.1, 0.15) is 51.7 Å². The van der Waals surface area contributed by atoms with Gasteiger partial charge in [0.1, 0.15) is 0 Å². The number of rotatable bonds is 6. The fourth-order valence-electron chi connectivity index (χ4n) is 3.26. The Labute approximate surface area is 130 Å². The second kappa shape index (κ2) is 7.95. The lowest BCUT2D eigenvalue weighted by Gasteiger charge is -2.42. The minimum Gasteiger partial charge on any atom is -0.311 e. The Hall–Kier alpha value is -0.860. The van der Waals surface area contributed by atoms with Crippen LogP contribution in [-0.4, -0.2) is 30.1 Å². The van der Waals surface area contributed by atoms with Crippen molar-refractivity contribution in [1.82, 2.24) is 10.2 Å². The van der Waals surface area contributed by atoms with Crippen LogP contribution in [0.2, 0.25) is 0 Å². The van der Waals surface area contributed by atoms with E-state index in [1.807, 2.05) is 0 Å². The number of hydrogen-bond acceptors (Lipinski definition) is 2. The molecule has 0 bridgehead atoms. The van der Waals surface area contributed by atoms with Gasteiger partial charge in [0, 0.05) is 31.7 Å². The van der Waals surface area contributed by atoms with E-state index in [1.165, 1.54) is 30.5 Å². The summed E-state index contributed by atoms with van der Waals surface area (Å²) in [5.74, 6) is 0.757. The number of piperazine rings is 1. The zero-order valence-electron chi connectivity index (χ0n) is 14.2. The number of nitrogens with zero attached hydrogens (tertiary/aromatic N) is 1. The maximum absolute atomic E-state index is 3.76. The average Bonchev–Trinajstić information content (AvgIpc) is 2.54. The molecule has 0 radical (unpaired) electrons. The van der Waals surface area contributed by atoms with E-state index in [-0.39, 0.29) is 0 Å². The predicted octanol–water partition coefficient (Wildman–Crippen LogP) is 3.85. The molecule has 3 atom stereocenters. The molecule has 1 aromatic carbocycles. The molecule has 1 aromatic rings. The third kappa shape index (κ3) is 4.31. The van der Waals surface area contributed by atoms with Gasteiger partial charge in [0.2, 0.25) is 0 Å². The van der Waals surface area contributed by atoms with Gasteiger partial charge >= 0.3 is 0 Å². The monoisotopic (exact) mass is 288 g/mol. The normalized spacial score (nSPS) is 25.0. The first kappa shape index (κ1) is 16.5. The Bertz CT molecular complexity index is 412. The van der Waals surface area contributed by atoms with Gasteiger partial charge in [-0.05, 0) is 29.9 Å². The molecule has 0 aliphatic carbocycles. The molecule has 1 heterocycles. The first-order chi connectivity index (χ1) is 10.2. The first-order valence-electron chi connectivity index (χ1n) is 8.73. The fourth-order valence-corrected chi connectivity index (χ4v) is 3.26. The van der Waals surface area contributed by atoms with Crippen LogP contribution in [0, 0.1) is 5.92 Å². The highest BCUT2D eigenvalue weighted by Gasteiger charge is 2.28. The van der Waals surface area contributed by atoms with Crippen LogP contribution in [0.15, 0.2) is 24.3 Å². The molecule has 1 N–H and O–H groups in total. The summed E-state index contributed by atoms with van der Waals surface area (Å²) < 4.78 is 0. The Kier molecular flexibility index (Phi) is 6.25. The molecular formula is C19H32N2. The molecule has 2 nitrogen and oxygen atoms in total. The maximum Gasteiger partial charge on any atom is 0.0237 e. The Morgan fingerprint density at radius 3 is 2.38 bits per heavy atom. The van der Waals surface area contributed by atoms with Crippen molar-refractivity contribution in [3.8, 4) is 0 Å². The lowest BCUT2D eigenvalue weighted by atomic mass is 9.94. The van der Waals surface area contributed by atoms with E-state index >= 15 is 0 Å². The molecule has 0 aromatic heterocycles. The molecular weight excluding hydrogens is 256 g/mol. The average molecular weight is 288 g/mol. The van der Waals surface area contributed by atoms with Gasteiger partial charge in [-0.25, -0.2) is 0 Å². The molecule has 118 valence electrons. The highest BCUT2D eigenvalue weighted by Crippen LogP contribution is 2.20. The molecule has 2 rings (SSSR count). The van der Waals surface area contributed by atoms with Gasteiger partial charge < -0.3 is 5.32 Å². The van der Waals surface area contributed by atoms with Crippen LogP contribution in [-0.2, 0) is 13.0 Å². The largest absolute Gasteiger partial charge is 0.311 e. The van der Waals surface area contributed by atoms with Crippen molar-refractivity contribution in [1.29, 1.82) is 0 Å². The molecule has 1 fully saturated rings. The number of benzene rings is 1. The molecule has 3 unspecified atom stereocenters. The Morgan fingerprint density at radius 2 is 1.81 bits per heavy atom. The van der Waals surface area contributed by atoms with E-state index in [1.54, 1.807) is 0 Å². The Balaban J connectivity index is 2.02. The minimum absolute atomic E-state index is 0.646. The second-order valence-corrected chi connectivity index (χ2v) is 6.56. The molecule has 2 heteroatoms. The van der Waals surface area contributed by atoms with Gasteiger partial charge in [0.15, 0.2) is 0 Å². The smallest absolute Gasteiger partial charge is 0.0237 e. The van der Waals surface area contributed by atoms with Crippen molar-refractivity contribution in [2.24, 2.45) is 5.92 Å².